The van der Waals surface area contributed by atoms with Gasteiger partial charge in [-0.2, -0.15) is 0 Å². The highest BCUT2D eigenvalue weighted by molar-refractivity contribution is 6.74. The quantitative estimate of drug-likeness (QED) is 0.482. The topological polar surface area (TPSA) is 95.9 Å². The van der Waals surface area contributed by atoms with Crippen LogP contribution in [-0.2, 0) is 4.43 Å². The van der Waals surface area contributed by atoms with E-state index < -0.39 is 8.32 Å². The minimum absolute atomic E-state index is 0.0158. The van der Waals surface area contributed by atoms with E-state index in [2.05, 4.69) is 55.7 Å². The Hall–Kier alpha value is -2.58. The van der Waals surface area contributed by atoms with E-state index in [0.717, 1.165) is 0 Å². The van der Waals surface area contributed by atoms with Crippen molar-refractivity contribution in [2.45, 2.75) is 51.9 Å². The first-order chi connectivity index (χ1) is 13.5. The van der Waals surface area contributed by atoms with Gasteiger partial charge in [0, 0.05) is 35.7 Å². The van der Waals surface area contributed by atoms with E-state index in [4.69, 9.17) is 10.2 Å². The van der Waals surface area contributed by atoms with Crippen LogP contribution in [0.25, 0.3) is 11.0 Å². The molecular weight excluding hydrogens is 382 g/mol. The minimum Gasteiger partial charge on any atom is -0.415 e. The minimum atomic E-state index is -1.88. The second-order valence-corrected chi connectivity index (χ2v) is 13.8. The molecule has 0 saturated carbocycles. The van der Waals surface area contributed by atoms with Crippen molar-refractivity contribution >= 4 is 30.8 Å². The van der Waals surface area contributed by atoms with Crippen LogP contribution in [-0.4, -0.2) is 40.2 Å². The second kappa shape index (κ2) is 7.68. The van der Waals surface area contributed by atoms with E-state index in [9.17, 15) is 4.79 Å². The number of nitrogen functional groups attached to an aromatic ring is 1. The molecular formula is C21H29N5O2Si. The third-order valence-corrected chi connectivity index (χ3v) is 10.2. The van der Waals surface area contributed by atoms with Crippen molar-refractivity contribution in [2.75, 3.05) is 12.3 Å². The summed E-state index contributed by atoms with van der Waals surface area (Å²) in [6.45, 7) is 13.8. The number of aromatic nitrogens is 4. The first-order valence-electron chi connectivity index (χ1n) is 9.71. The average Bonchev–Trinajstić information content (AvgIpc) is 3.04. The molecule has 3 aromatic heterocycles. The zero-order valence-corrected chi connectivity index (χ0v) is 18.9. The Labute approximate surface area is 172 Å². The predicted octanol–water partition coefficient (Wildman–Crippen LogP) is 4.22. The summed E-state index contributed by atoms with van der Waals surface area (Å²) in [6.07, 6.45) is 8.05. The summed E-state index contributed by atoms with van der Waals surface area (Å²) in [7, 11) is -1.88. The number of hydrogen-bond donors (Lipinski definition) is 1. The molecule has 1 atom stereocenters. The summed E-state index contributed by atoms with van der Waals surface area (Å²) in [6, 6.07) is 1.65. The molecule has 0 aromatic carbocycles. The van der Waals surface area contributed by atoms with Crippen LogP contribution in [0.3, 0.4) is 0 Å². The number of nitrogens with zero attached hydrogens (tertiary/aromatic N) is 4. The lowest BCUT2D eigenvalue weighted by Gasteiger charge is -2.37. The molecule has 154 valence electrons. The molecule has 3 aromatic rings. The fraction of sp³-hybridized carbons (Fsp3) is 0.429. The van der Waals surface area contributed by atoms with Gasteiger partial charge in [-0.05, 0) is 31.1 Å². The number of carbonyl (C=O) groups is 1. The fourth-order valence-corrected chi connectivity index (χ4v) is 3.96. The van der Waals surface area contributed by atoms with Gasteiger partial charge in [0.05, 0.1) is 23.9 Å². The first-order valence-corrected chi connectivity index (χ1v) is 12.6. The maximum atomic E-state index is 13.1. The summed E-state index contributed by atoms with van der Waals surface area (Å²) >= 11 is 0. The molecule has 0 aliphatic carbocycles. The summed E-state index contributed by atoms with van der Waals surface area (Å²) in [5.41, 5.74) is 7.94. The largest absolute Gasteiger partial charge is 0.415 e. The van der Waals surface area contributed by atoms with Gasteiger partial charge in [0.15, 0.2) is 14.1 Å². The van der Waals surface area contributed by atoms with Gasteiger partial charge in [-0.25, -0.2) is 9.97 Å². The number of fused-ring (bicyclic) bond motifs is 1. The van der Waals surface area contributed by atoms with Gasteiger partial charge in [-0.15, -0.1) is 0 Å². The number of pyridine rings is 1. The summed E-state index contributed by atoms with van der Waals surface area (Å²) in [4.78, 5) is 25.7. The Balaban J connectivity index is 1.95. The van der Waals surface area contributed by atoms with Crippen LogP contribution >= 0.6 is 0 Å². The van der Waals surface area contributed by atoms with Crippen molar-refractivity contribution < 1.29 is 9.22 Å². The third-order valence-electron chi connectivity index (χ3n) is 5.73. The van der Waals surface area contributed by atoms with Crippen LogP contribution in [0.5, 0.6) is 0 Å². The number of nitrogens with two attached hydrogens (primary N) is 1. The zero-order chi connectivity index (χ0) is 21.4. The summed E-state index contributed by atoms with van der Waals surface area (Å²) < 4.78 is 8.39. The fourth-order valence-electron chi connectivity index (χ4n) is 2.87. The molecule has 8 heteroatoms. The van der Waals surface area contributed by atoms with Crippen molar-refractivity contribution in [2.24, 2.45) is 0 Å². The Bertz CT molecular complexity index is 1040. The lowest BCUT2D eigenvalue weighted by Crippen LogP contribution is -2.41. The molecule has 1 unspecified atom stereocenters. The van der Waals surface area contributed by atoms with Crippen LogP contribution < -0.4 is 5.73 Å². The number of anilines is 1. The van der Waals surface area contributed by atoms with Gasteiger partial charge in [0.2, 0.25) is 0 Å². The number of rotatable bonds is 6. The Morgan fingerprint density at radius 3 is 2.62 bits per heavy atom. The summed E-state index contributed by atoms with van der Waals surface area (Å²) in [5, 5.41) is 0.841. The molecule has 2 N–H and O–H groups in total. The lowest BCUT2D eigenvalue weighted by atomic mass is 10.1. The van der Waals surface area contributed by atoms with Crippen molar-refractivity contribution in [3.05, 3.63) is 48.3 Å². The molecule has 0 spiro atoms. The normalized spacial score (nSPS) is 13.6. The van der Waals surface area contributed by atoms with Crippen molar-refractivity contribution in [3.63, 3.8) is 0 Å². The monoisotopic (exact) mass is 411 g/mol. The van der Waals surface area contributed by atoms with Gasteiger partial charge in [-0.3, -0.25) is 9.78 Å². The number of hydrogen-bond acceptors (Lipinski definition) is 6. The van der Waals surface area contributed by atoms with E-state index in [1.165, 1.54) is 18.7 Å². The SMILES string of the molecule is CC(CO[Si](C)(C)C(C)(C)C)n1cc(C(=O)c2cncc(N)c2)c2cncnc21. The summed E-state index contributed by atoms with van der Waals surface area (Å²) in [5.74, 6) is -0.152. The van der Waals surface area contributed by atoms with Crippen LogP contribution in [0.1, 0.15) is 49.7 Å². The maximum absolute atomic E-state index is 13.1. The molecule has 0 aliphatic rings. The highest BCUT2D eigenvalue weighted by atomic mass is 28.4. The highest BCUT2D eigenvalue weighted by Gasteiger charge is 2.37. The molecule has 0 aliphatic heterocycles. The molecule has 0 saturated heterocycles. The Morgan fingerprint density at radius 2 is 1.97 bits per heavy atom. The molecule has 0 fully saturated rings. The number of ketones is 1. The van der Waals surface area contributed by atoms with E-state index in [0.29, 0.717) is 34.5 Å². The van der Waals surface area contributed by atoms with Gasteiger partial charge < -0.3 is 14.7 Å². The van der Waals surface area contributed by atoms with Crippen molar-refractivity contribution in [1.29, 1.82) is 0 Å². The van der Waals surface area contributed by atoms with Gasteiger partial charge in [0.1, 0.15) is 12.0 Å². The zero-order valence-electron chi connectivity index (χ0n) is 17.9. The second-order valence-electron chi connectivity index (χ2n) is 8.97. The van der Waals surface area contributed by atoms with Crippen molar-refractivity contribution in [1.82, 2.24) is 19.5 Å². The Morgan fingerprint density at radius 1 is 1.24 bits per heavy atom. The molecule has 3 rings (SSSR count). The molecule has 3 heterocycles. The van der Waals surface area contributed by atoms with Gasteiger partial charge >= 0.3 is 0 Å². The molecule has 7 nitrogen and oxygen atoms in total. The Kier molecular flexibility index (Phi) is 5.60. The van der Waals surface area contributed by atoms with Crippen LogP contribution in [0, 0.1) is 0 Å². The van der Waals surface area contributed by atoms with Gasteiger partial charge in [-0.1, -0.05) is 20.8 Å². The predicted molar refractivity (Wildman–Crippen MR) is 117 cm³/mol. The van der Waals surface area contributed by atoms with Crippen LogP contribution in [0.2, 0.25) is 18.1 Å². The lowest BCUT2D eigenvalue weighted by molar-refractivity contribution is 0.103. The maximum Gasteiger partial charge on any atom is 0.196 e. The van der Waals surface area contributed by atoms with E-state index in [1.54, 1.807) is 12.3 Å². The standard InChI is InChI=1S/C21H29N5O2Si/c1-14(12-28-29(5,6)21(2,3)4)26-11-18(17-10-24-13-25-20(17)26)19(27)15-7-16(22)9-23-8-15/h7-11,13-14H,12,22H2,1-6H3. The van der Waals surface area contributed by atoms with Gasteiger partial charge in [0.25, 0.3) is 0 Å². The average molecular weight is 412 g/mol. The molecule has 0 bridgehead atoms. The smallest absolute Gasteiger partial charge is 0.196 e. The van der Waals surface area contributed by atoms with Crippen LogP contribution in [0.15, 0.2) is 37.2 Å². The highest BCUT2D eigenvalue weighted by Crippen LogP contribution is 2.37. The van der Waals surface area contributed by atoms with E-state index in [-0.39, 0.29) is 16.9 Å². The molecule has 0 radical (unpaired) electrons. The third kappa shape index (κ3) is 4.23. The first kappa shape index (κ1) is 21.1. The molecule has 0 amide bonds. The van der Waals surface area contributed by atoms with Crippen molar-refractivity contribution in [3.8, 4) is 0 Å². The van der Waals surface area contributed by atoms with E-state index in [1.807, 2.05) is 10.8 Å². The number of carbonyl (C=O) groups excluding carboxylic acids is 1. The van der Waals surface area contributed by atoms with Crippen LogP contribution in [0.4, 0.5) is 5.69 Å². The van der Waals surface area contributed by atoms with E-state index >= 15 is 0 Å². The molecule has 29 heavy (non-hydrogen) atoms.